The monoisotopic (exact) mass is 584 g/mol. The Morgan fingerprint density at radius 1 is 0.750 bits per heavy atom. The number of carbonyl (C=O) groups is 2. The van der Waals surface area contributed by atoms with Crippen LogP contribution in [0.3, 0.4) is 0 Å². The Balaban J connectivity index is 1.54. The molecule has 1 aliphatic rings. The summed E-state index contributed by atoms with van der Waals surface area (Å²) in [5.41, 5.74) is 2.47. The zero-order valence-corrected chi connectivity index (χ0v) is 24.2. The zero-order valence-electron chi connectivity index (χ0n) is 22.7. The average molecular weight is 585 g/mol. The molecular formula is C30H30Cl2N2O6. The molecule has 4 rings (SSSR count). The molecule has 1 fully saturated rings. The highest BCUT2D eigenvalue weighted by molar-refractivity contribution is 6.43. The van der Waals surface area contributed by atoms with Crippen LogP contribution in [0.2, 0.25) is 10.0 Å². The molecule has 1 aliphatic heterocycles. The second-order valence-electron chi connectivity index (χ2n) is 8.92. The summed E-state index contributed by atoms with van der Waals surface area (Å²) in [6, 6.07) is 15.9. The number of carbonyl (C=O) groups excluding carboxylic acids is 2. The van der Waals surface area contributed by atoms with E-state index in [4.69, 9.17) is 42.1 Å². The fourth-order valence-corrected chi connectivity index (χ4v) is 4.93. The predicted octanol–water partition coefficient (Wildman–Crippen LogP) is 5.44. The van der Waals surface area contributed by atoms with Crippen LogP contribution in [-0.4, -0.2) is 76.2 Å². The standard InChI is InChI=1S/C30H30Cl2N2O6/c1-37-21-10-8-19(9-11-21)23(22-6-5-7-24(31)28(22)32)18-27(35)33-12-14-34(15-13-33)30(36)20-16-25(38-2)29(40-4)26(17-20)39-3/h5-11,16-18H,12-15H2,1-4H3/b23-18-. The number of hydrogen-bond acceptors (Lipinski definition) is 6. The lowest BCUT2D eigenvalue weighted by Crippen LogP contribution is -2.50. The molecule has 10 heteroatoms. The third kappa shape index (κ3) is 6.13. The van der Waals surface area contributed by atoms with Gasteiger partial charge in [-0.2, -0.15) is 0 Å². The summed E-state index contributed by atoms with van der Waals surface area (Å²) in [6.07, 6.45) is 1.57. The molecule has 0 spiro atoms. The highest BCUT2D eigenvalue weighted by Gasteiger charge is 2.27. The number of nitrogens with zero attached hydrogens (tertiary/aromatic N) is 2. The Morgan fingerprint density at radius 3 is 1.90 bits per heavy atom. The number of halogens is 2. The van der Waals surface area contributed by atoms with Gasteiger partial charge in [0.05, 0.1) is 38.5 Å². The predicted molar refractivity (Wildman–Crippen MR) is 155 cm³/mol. The molecule has 2 amide bonds. The Morgan fingerprint density at radius 2 is 1.35 bits per heavy atom. The number of ether oxygens (including phenoxy) is 4. The molecule has 8 nitrogen and oxygen atoms in total. The van der Waals surface area contributed by atoms with Crippen molar-refractivity contribution in [1.82, 2.24) is 9.80 Å². The number of hydrogen-bond donors (Lipinski definition) is 0. The molecule has 3 aromatic carbocycles. The highest BCUT2D eigenvalue weighted by atomic mass is 35.5. The van der Waals surface area contributed by atoms with E-state index in [1.54, 1.807) is 47.3 Å². The van der Waals surface area contributed by atoms with Gasteiger partial charge in [-0.1, -0.05) is 47.5 Å². The zero-order chi connectivity index (χ0) is 28.8. The fourth-order valence-electron chi connectivity index (χ4n) is 4.53. The van der Waals surface area contributed by atoms with Crippen LogP contribution in [0.25, 0.3) is 5.57 Å². The van der Waals surface area contributed by atoms with Gasteiger partial charge in [0.25, 0.3) is 5.91 Å². The number of benzene rings is 3. The summed E-state index contributed by atoms with van der Waals surface area (Å²) >= 11 is 12.8. The second kappa shape index (κ2) is 13.0. The topological polar surface area (TPSA) is 77.5 Å². The Hall–Kier alpha value is -3.88. The number of rotatable bonds is 8. The van der Waals surface area contributed by atoms with Crippen molar-refractivity contribution in [3.05, 3.63) is 87.4 Å². The van der Waals surface area contributed by atoms with Gasteiger partial charge in [0.1, 0.15) is 5.75 Å². The van der Waals surface area contributed by atoms with E-state index in [2.05, 4.69) is 0 Å². The Bertz CT molecular complexity index is 1390. The van der Waals surface area contributed by atoms with Crippen molar-refractivity contribution in [2.24, 2.45) is 0 Å². The van der Waals surface area contributed by atoms with E-state index >= 15 is 0 Å². The Labute approximate surface area is 243 Å². The molecule has 1 heterocycles. The summed E-state index contributed by atoms with van der Waals surface area (Å²) in [5.74, 6) is 1.52. The number of amides is 2. The van der Waals surface area contributed by atoms with Crippen molar-refractivity contribution in [2.45, 2.75) is 0 Å². The van der Waals surface area contributed by atoms with Crippen molar-refractivity contribution >= 4 is 40.6 Å². The summed E-state index contributed by atoms with van der Waals surface area (Å²) in [4.78, 5) is 30.2. The van der Waals surface area contributed by atoms with Crippen LogP contribution in [0.1, 0.15) is 21.5 Å². The largest absolute Gasteiger partial charge is 0.497 e. The van der Waals surface area contributed by atoms with Crippen LogP contribution in [0.5, 0.6) is 23.0 Å². The first kappa shape index (κ1) is 29.1. The molecule has 0 bridgehead atoms. The fraction of sp³-hybridized carbons (Fsp3) is 0.267. The van der Waals surface area contributed by atoms with Crippen LogP contribution in [-0.2, 0) is 4.79 Å². The molecule has 1 saturated heterocycles. The van der Waals surface area contributed by atoms with E-state index in [-0.39, 0.29) is 11.8 Å². The minimum absolute atomic E-state index is 0.188. The van der Waals surface area contributed by atoms with Crippen molar-refractivity contribution in [3.8, 4) is 23.0 Å². The summed E-state index contributed by atoms with van der Waals surface area (Å²) in [6.45, 7) is 1.46. The molecule has 210 valence electrons. The molecule has 0 N–H and O–H groups in total. The summed E-state index contributed by atoms with van der Waals surface area (Å²) in [7, 11) is 6.10. The van der Waals surface area contributed by atoms with Gasteiger partial charge in [0.2, 0.25) is 11.7 Å². The van der Waals surface area contributed by atoms with Gasteiger partial charge in [-0.3, -0.25) is 9.59 Å². The van der Waals surface area contributed by atoms with Gasteiger partial charge in [0.15, 0.2) is 11.5 Å². The Kier molecular flexibility index (Phi) is 9.45. The van der Waals surface area contributed by atoms with Crippen molar-refractivity contribution in [1.29, 1.82) is 0 Å². The molecule has 0 unspecified atom stereocenters. The van der Waals surface area contributed by atoms with Crippen molar-refractivity contribution < 1.29 is 28.5 Å². The number of methoxy groups -OCH3 is 4. The molecule has 0 saturated carbocycles. The average Bonchev–Trinajstić information content (AvgIpc) is 3.00. The van der Waals surface area contributed by atoms with E-state index in [0.29, 0.717) is 75.9 Å². The van der Waals surface area contributed by atoms with Crippen LogP contribution < -0.4 is 18.9 Å². The van der Waals surface area contributed by atoms with Crippen molar-refractivity contribution in [3.63, 3.8) is 0 Å². The van der Waals surface area contributed by atoms with Crippen LogP contribution in [0.4, 0.5) is 0 Å². The van der Waals surface area contributed by atoms with E-state index in [0.717, 1.165) is 5.56 Å². The van der Waals surface area contributed by atoms with Gasteiger partial charge in [-0.25, -0.2) is 0 Å². The maximum atomic E-state index is 13.5. The van der Waals surface area contributed by atoms with E-state index in [9.17, 15) is 9.59 Å². The first-order valence-electron chi connectivity index (χ1n) is 12.5. The van der Waals surface area contributed by atoms with Gasteiger partial charge < -0.3 is 28.7 Å². The van der Waals surface area contributed by atoms with Crippen molar-refractivity contribution in [2.75, 3.05) is 54.6 Å². The molecular weight excluding hydrogens is 555 g/mol. The molecule has 40 heavy (non-hydrogen) atoms. The maximum absolute atomic E-state index is 13.5. The van der Waals surface area contributed by atoms with Crippen LogP contribution in [0.15, 0.2) is 60.7 Å². The lowest BCUT2D eigenvalue weighted by Gasteiger charge is -2.34. The lowest BCUT2D eigenvalue weighted by molar-refractivity contribution is -0.127. The van der Waals surface area contributed by atoms with Gasteiger partial charge in [-0.05, 0) is 41.5 Å². The maximum Gasteiger partial charge on any atom is 0.254 e. The minimum atomic E-state index is -0.193. The normalized spacial score (nSPS) is 13.6. The smallest absolute Gasteiger partial charge is 0.254 e. The lowest BCUT2D eigenvalue weighted by atomic mass is 9.97. The van der Waals surface area contributed by atoms with E-state index < -0.39 is 0 Å². The molecule has 0 aliphatic carbocycles. The third-order valence-electron chi connectivity index (χ3n) is 6.70. The quantitative estimate of drug-likeness (QED) is 0.328. The van der Waals surface area contributed by atoms with Gasteiger partial charge in [-0.15, -0.1) is 0 Å². The van der Waals surface area contributed by atoms with Crippen LogP contribution in [0, 0.1) is 0 Å². The highest BCUT2D eigenvalue weighted by Crippen LogP contribution is 2.39. The first-order valence-corrected chi connectivity index (χ1v) is 13.3. The van der Waals surface area contributed by atoms with Crippen LogP contribution >= 0.6 is 23.2 Å². The molecule has 3 aromatic rings. The SMILES string of the molecule is COc1ccc(/C(=C/C(=O)N2CCN(C(=O)c3cc(OC)c(OC)c(OC)c3)CC2)c2cccc(Cl)c2Cl)cc1. The van der Waals surface area contributed by atoms with E-state index in [1.807, 2.05) is 30.3 Å². The van der Waals surface area contributed by atoms with Gasteiger partial charge >= 0.3 is 0 Å². The first-order chi connectivity index (χ1) is 19.3. The summed E-state index contributed by atoms with van der Waals surface area (Å²) < 4.78 is 21.4. The number of piperazine rings is 1. The molecule has 0 aromatic heterocycles. The molecule has 0 atom stereocenters. The van der Waals surface area contributed by atoms with Gasteiger partial charge in [0, 0.05) is 43.4 Å². The third-order valence-corrected chi connectivity index (χ3v) is 7.52. The summed E-state index contributed by atoms with van der Waals surface area (Å²) in [5, 5.41) is 0.754. The minimum Gasteiger partial charge on any atom is -0.497 e. The molecule has 0 radical (unpaired) electrons. The second-order valence-corrected chi connectivity index (χ2v) is 9.70. The van der Waals surface area contributed by atoms with E-state index in [1.165, 1.54) is 21.3 Å².